The number of thiophene rings is 1. The Kier molecular flexibility index (Phi) is 10.3. The van der Waals surface area contributed by atoms with E-state index < -0.39 is 51.2 Å². The largest absolute Gasteiger partial charge is 0.450 e. The van der Waals surface area contributed by atoms with Gasteiger partial charge in [-0.3, -0.25) is 14.4 Å². The van der Waals surface area contributed by atoms with Crippen molar-refractivity contribution in [3.8, 4) is 0 Å². The van der Waals surface area contributed by atoms with E-state index in [0.29, 0.717) is 16.8 Å². The maximum absolute atomic E-state index is 14.6. The zero-order chi connectivity index (χ0) is 30.6. The van der Waals surface area contributed by atoms with E-state index in [1.807, 2.05) is 0 Å². The van der Waals surface area contributed by atoms with Gasteiger partial charge in [-0.05, 0) is 37.6 Å². The maximum atomic E-state index is 14.6. The summed E-state index contributed by atoms with van der Waals surface area (Å²) in [6.45, 7) is 2.08. The topological polar surface area (TPSA) is 145 Å². The van der Waals surface area contributed by atoms with Gasteiger partial charge >= 0.3 is 6.09 Å². The van der Waals surface area contributed by atoms with Gasteiger partial charge in [0.05, 0.1) is 26.5 Å². The molecule has 42 heavy (non-hydrogen) atoms. The number of carbonyl (C=O) groups is 4. The molecule has 0 spiro atoms. The Hall–Kier alpha value is -2.98. The minimum Gasteiger partial charge on any atom is -0.450 e. The number of nitrogens with zero attached hydrogens (tertiary/aromatic N) is 3. The van der Waals surface area contributed by atoms with Crippen molar-refractivity contribution in [1.29, 1.82) is 0 Å². The Bertz CT molecular complexity index is 1480. The van der Waals surface area contributed by atoms with E-state index in [4.69, 9.17) is 27.9 Å². The molecule has 0 radical (unpaired) electrons. The fourth-order valence-corrected chi connectivity index (χ4v) is 7.31. The summed E-state index contributed by atoms with van der Waals surface area (Å²) >= 11 is 13.3. The predicted molar refractivity (Wildman–Crippen MR) is 154 cm³/mol. The van der Waals surface area contributed by atoms with Gasteiger partial charge in [0.25, 0.3) is 5.91 Å². The van der Waals surface area contributed by atoms with Gasteiger partial charge in [-0.15, -0.1) is 11.3 Å². The first kappa shape index (κ1) is 31.9. The number of benzene rings is 1. The molecule has 1 aromatic heterocycles. The quantitative estimate of drug-likeness (QED) is 0.420. The normalized spacial score (nSPS) is 16.5. The van der Waals surface area contributed by atoms with Crippen molar-refractivity contribution in [3.63, 3.8) is 0 Å². The average Bonchev–Trinajstić information content (AvgIpc) is 3.59. The first-order valence-corrected chi connectivity index (χ1v) is 16.0. The van der Waals surface area contributed by atoms with E-state index in [1.54, 1.807) is 6.92 Å². The summed E-state index contributed by atoms with van der Waals surface area (Å²) in [5, 5.41) is 2.15. The van der Waals surface area contributed by atoms with Crippen molar-refractivity contribution in [1.82, 2.24) is 19.8 Å². The lowest BCUT2D eigenvalue weighted by Crippen LogP contribution is -2.58. The highest BCUT2D eigenvalue weighted by atomic mass is 35.5. The van der Waals surface area contributed by atoms with Crippen LogP contribution in [0, 0.1) is 5.82 Å². The molecule has 3 heterocycles. The Morgan fingerprint density at radius 1 is 1.10 bits per heavy atom. The summed E-state index contributed by atoms with van der Waals surface area (Å²) < 4.78 is 49.3. The lowest BCUT2D eigenvalue weighted by atomic mass is 10.2. The SMILES string of the molecule is CCOC(=O)N1CCN(C(=O)[C@H](CNC(=O)c2ccc(Cl)s2)NS(=O)(=O)c2cc(F)cc(N3CCCC3=O)c2Cl)CC1. The molecular weight excluding hydrogens is 636 g/mol. The molecule has 228 valence electrons. The molecule has 0 unspecified atom stereocenters. The molecule has 1 aromatic carbocycles. The second kappa shape index (κ2) is 13.5. The van der Waals surface area contributed by atoms with Gasteiger partial charge in [-0.1, -0.05) is 23.2 Å². The molecule has 0 bridgehead atoms. The third kappa shape index (κ3) is 7.32. The van der Waals surface area contributed by atoms with Crippen LogP contribution >= 0.6 is 34.5 Å². The maximum Gasteiger partial charge on any atom is 0.409 e. The molecule has 0 saturated carbocycles. The van der Waals surface area contributed by atoms with E-state index in [2.05, 4.69) is 10.0 Å². The molecule has 12 nitrogen and oxygen atoms in total. The van der Waals surface area contributed by atoms with E-state index in [1.165, 1.54) is 26.8 Å². The zero-order valence-corrected chi connectivity index (χ0v) is 25.5. The number of sulfonamides is 1. The lowest BCUT2D eigenvalue weighted by Gasteiger charge is -2.36. The fraction of sp³-hybridized carbons (Fsp3) is 0.440. The van der Waals surface area contributed by atoms with E-state index in [9.17, 15) is 32.0 Å². The van der Waals surface area contributed by atoms with E-state index in [0.717, 1.165) is 17.4 Å². The Morgan fingerprint density at radius 3 is 2.38 bits per heavy atom. The number of ether oxygens (including phenoxy) is 1. The molecule has 17 heteroatoms. The van der Waals surface area contributed by atoms with Crippen molar-refractivity contribution in [2.24, 2.45) is 0 Å². The second-order valence-corrected chi connectivity index (χ2v) is 13.2. The predicted octanol–water partition coefficient (Wildman–Crippen LogP) is 2.70. The summed E-state index contributed by atoms with van der Waals surface area (Å²) in [7, 11) is -4.67. The molecule has 4 amide bonds. The van der Waals surface area contributed by atoms with E-state index >= 15 is 0 Å². The second-order valence-electron chi connectivity index (χ2n) is 9.38. The standard InChI is InChI=1S/C25H28Cl2FN5O7S2/c1-2-40-25(37)32-10-8-31(9-11-32)24(36)16(14-29-23(35)18-5-6-20(26)41-18)30-42(38,39)19-13-15(28)12-17(22(19)27)33-7-3-4-21(33)34/h5-6,12-13,16,30H,2-4,7-11,14H2,1H3,(H,29,35)/t16-/m0/s1. The van der Waals surface area contributed by atoms with Crippen LogP contribution in [0.4, 0.5) is 14.9 Å². The van der Waals surface area contributed by atoms with Crippen LogP contribution in [0.25, 0.3) is 0 Å². The highest BCUT2D eigenvalue weighted by Crippen LogP contribution is 2.35. The van der Waals surface area contributed by atoms with Crippen molar-refractivity contribution in [3.05, 3.63) is 44.3 Å². The Morgan fingerprint density at radius 2 is 1.79 bits per heavy atom. The third-order valence-corrected chi connectivity index (χ3v) is 9.85. The van der Waals surface area contributed by atoms with Crippen molar-refractivity contribution in [2.75, 3.05) is 50.8 Å². The smallest absolute Gasteiger partial charge is 0.409 e. The summed E-state index contributed by atoms with van der Waals surface area (Å²) in [6, 6.07) is 3.14. The molecule has 2 saturated heterocycles. The minimum absolute atomic E-state index is 0.0757. The number of hydrogen-bond acceptors (Lipinski definition) is 8. The Balaban J connectivity index is 1.58. The van der Waals surface area contributed by atoms with Gasteiger partial charge in [0.15, 0.2) is 0 Å². The minimum atomic E-state index is -4.67. The summed E-state index contributed by atoms with van der Waals surface area (Å²) in [5.41, 5.74) is -0.0969. The first-order valence-electron chi connectivity index (χ1n) is 13.0. The molecule has 2 aromatic rings. The number of halogens is 3. The van der Waals surface area contributed by atoms with Crippen LogP contribution in [-0.2, 0) is 24.3 Å². The zero-order valence-electron chi connectivity index (χ0n) is 22.4. The first-order chi connectivity index (χ1) is 19.9. The van der Waals surface area contributed by atoms with Gasteiger partial charge in [0.1, 0.15) is 16.8 Å². The fourth-order valence-electron chi connectivity index (χ4n) is 4.54. The number of carbonyl (C=O) groups excluding carboxylic acids is 4. The molecule has 0 aliphatic carbocycles. The van der Waals surface area contributed by atoms with Crippen molar-refractivity contribution >= 4 is 74.1 Å². The van der Waals surface area contributed by atoms with Crippen molar-refractivity contribution < 1.29 is 36.7 Å². The van der Waals surface area contributed by atoms with Gasteiger partial charge in [-0.2, -0.15) is 4.72 Å². The molecule has 2 N–H and O–H groups in total. The van der Waals surface area contributed by atoms with Crippen LogP contribution in [0.15, 0.2) is 29.2 Å². The van der Waals surface area contributed by atoms with Gasteiger partial charge in [0.2, 0.25) is 21.8 Å². The van der Waals surface area contributed by atoms with E-state index in [-0.39, 0.29) is 67.2 Å². The molecule has 1 atom stereocenters. The van der Waals surface area contributed by atoms with Crippen LogP contribution in [0.2, 0.25) is 9.36 Å². The number of rotatable bonds is 9. The molecule has 2 fully saturated rings. The number of amides is 4. The number of anilines is 1. The van der Waals surface area contributed by atoms with Crippen LogP contribution in [-0.4, -0.2) is 93.9 Å². The molecule has 2 aliphatic rings. The summed E-state index contributed by atoms with van der Waals surface area (Å²) in [4.78, 5) is 54.1. The summed E-state index contributed by atoms with van der Waals surface area (Å²) in [5.74, 6) is -2.55. The molecule has 2 aliphatic heterocycles. The molecular formula is C25H28Cl2FN5O7S2. The van der Waals surface area contributed by atoms with Crippen LogP contribution in [0.3, 0.4) is 0 Å². The number of piperazine rings is 1. The molecule has 4 rings (SSSR count). The van der Waals surface area contributed by atoms with Gasteiger partial charge in [0, 0.05) is 45.7 Å². The summed E-state index contributed by atoms with van der Waals surface area (Å²) in [6.07, 6.45) is 0.181. The third-order valence-electron chi connectivity index (χ3n) is 6.62. The van der Waals surface area contributed by atoms with Crippen LogP contribution in [0.5, 0.6) is 0 Å². The number of nitrogens with one attached hydrogen (secondary N) is 2. The van der Waals surface area contributed by atoms with Crippen LogP contribution in [0.1, 0.15) is 29.4 Å². The number of hydrogen-bond donors (Lipinski definition) is 2. The average molecular weight is 665 g/mol. The highest BCUT2D eigenvalue weighted by molar-refractivity contribution is 7.89. The lowest BCUT2D eigenvalue weighted by molar-refractivity contribution is -0.134. The monoisotopic (exact) mass is 663 g/mol. The highest BCUT2D eigenvalue weighted by Gasteiger charge is 2.35. The van der Waals surface area contributed by atoms with Gasteiger partial charge < -0.3 is 24.8 Å². The van der Waals surface area contributed by atoms with Gasteiger partial charge in [-0.25, -0.2) is 17.6 Å². The Labute approximate surface area is 255 Å². The van der Waals surface area contributed by atoms with Crippen LogP contribution < -0.4 is 14.9 Å². The van der Waals surface area contributed by atoms with Crippen molar-refractivity contribution in [2.45, 2.75) is 30.7 Å².